The molecule has 3 nitrogen and oxygen atoms in total. The van der Waals surface area contributed by atoms with Crippen molar-refractivity contribution < 1.29 is 9.90 Å². The number of rotatable bonds is 3. The van der Waals surface area contributed by atoms with E-state index < -0.39 is 0 Å². The Bertz CT molecular complexity index is 1250. The van der Waals surface area contributed by atoms with Crippen molar-refractivity contribution in [2.75, 3.05) is 4.90 Å². The van der Waals surface area contributed by atoms with Crippen molar-refractivity contribution >= 4 is 34.0 Å². The van der Waals surface area contributed by atoms with Gasteiger partial charge in [-0.15, -0.1) is 0 Å². The van der Waals surface area contributed by atoms with E-state index in [9.17, 15) is 9.90 Å². The number of phenolic OH excluding ortho intramolecular Hbond substituents is 1. The first-order chi connectivity index (χ1) is 14.6. The van der Waals surface area contributed by atoms with Gasteiger partial charge < -0.3 is 10.0 Å². The molecule has 0 fully saturated rings. The average Bonchev–Trinajstić information content (AvgIpc) is 2.77. The lowest BCUT2D eigenvalue weighted by atomic mass is 9.81. The monoisotopic (exact) mass is 413 g/mol. The van der Waals surface area contributed by atoms with Crippen LogP contribution in [-0.2, 0) is 11.3 Å². The second-order valence-corrected chi connectivity index (χ2v) is 8.05. The Morgan fingerprint density at radius 1 is 0.900 bits per heavy atom. The molecular weight excluding hydrogens is 394 g/mol. The first kappa shape index (κ1) is 18.7. The average molecular weight is 414 g/mol. The predicted molar refractivity (Wildman–Crippen MR) is 121 cm³/mol. The lowest BCUT2D eigenvalue weighted by Crippen LogP contribution is -2.36. The molecule has 1 atom stereocenters. The lowest BCUT2D eigenvalue weighted by Gasteiger charge is -2.35. The van der Waals surface area contributed by atoms with Crippen molar-refractivity contribution in [1.82, 2.24) is 0 Å². The number of nitrogens with zero attached hydrogens (tertiary/aromatic N) is 1. The number of fused-ring (bicyclic) bond motifs is 3. The van der Waals surface area contributed by atoms with Crippen molar-refractivity contribution in [1.29, 1.82) is 0 Å². The van der Waals surface area contributed by atoms with E-state index in [-0.39, 0.29) is 17.6 Å². The molecule has 0 aromatic heterocycles. The number of halogens is 1. The maximum absolute atomic E-state index is 13.3. The molecule has 1 aliphatic rings. The molecule has 1 unspecified atom stereocenters. The van der Waals surface area contributed by atoms with Gasteiger partial charge in [0.15, 0.2) is 0 Å². The van der Waals surface area contributed by atoms with E-state index in [0.717, 1.165) is 33.2 Å². The number of hydrogen-bond acceptors (Lipinski definition) is 2. The van der Waals surface area contributed by atoms with E-state index >= 15 is 0 Å². The molecule has 4 aromatic rings. The molecule has 4 heteroatoms. The third kappa shape index (κ3) is 3.21. The summed E-state index contributed by atoms with van der Waals surface area (Å²) in [5.41, 5.74) is 4.01. The summed E-state index contributed by atoms with van der Waals surface area (Å²) in [5.74, 6) is 0.219. The van der Waals surface area contributed by atoms with Crippen molar-refractivity contribution in [3.05, 3.63) is 107 Å². The Balaban J connectivity index is 1.69. The molecule has 148 valence electrons. The van der Waals surface area contributed by atoms with Crippen LogP contribution in [0, 0.1) is 0 Å². The minimum atomic E-state index is -0.0679. The molecule has 30 heavy (non-hydrogen) atoms. The molecule has 0 aliphatic carbocycles. The van der Waals surface area contributed by atoms with Crippen LogP contribution in [0.4, 0.5) is 5.69 Å². The normalized spacial score (nSPS) is 16.0. The molecule has 1 heterocycles. The van der Waals surface area contributed by atoms with E-state index in [1.54, 1.807) is 12.1 Å². The third-order valence-corrected chi connectivity index (χ3v) is 6.22. The number of hydrogen-bond donors (Lipinski definition) is 1. The highest BCUT2D eigenvalue weighted by Crippen LogP contribution is 2.44. The summed E-state index contributed by atoms with van der Waals surface area (Å²) >= 11 is 6.39. The zero-order valence-electron chi connectivity index (χ0n) is 16.3. The summed E-state index contributed by atoms with van der Waals surface area (Å²) in [5, 5.41) is 12.7. The van der Waals surface area contributed by atoms with Gasteiger partial charge in [-0.2, -0.15) is 0 Å². The van der Waals surface area contributed by atoms with Crippen LogP contribution in [0.3, 0.4) is 0 Å². The van der Waals surface area contributed by atoms with Crippen LogP contribution >= 0.6 is 11.6 Å². The largest absolute Gasteiger partial charge is 0.508 e. The molecule has 0 radical (unpaired) electrons. The fourth-order valence-electron chi connectivity index (χ4n) is 4.37. The van der Waals surface area contributed by atoms with Crippen LogP contribution in [0.2, 0.25) is 5.02 Å². The van der Waals surface area contributed by atoms with E-state index in [1.165, 1.54) is 0 Å². The number of phenols is 1. The van der Waals surface area contributed by atoms with Crippen molar-refractivity contribution in [3.63, 3.8) is 0 Å². The number of carbonyl (C=O) groups is 1. The lowest BCUT2D eigenvalue weighted by molar-refractivity contribution is -0.119. The number of aromatic hydroxyl groups is 1. The minimum Gasteiger partial charge on any atom is -0.508 e. The fraction of sp³-hybridized carbons (Fsp3) is 0.115. The summed E-state index contributed by atoms with van der Waals surface area (Å²) < 4.78 is 0. The number of amides is 1. The van der Waals surface area contributed by atoms with Gasteiger partial charge in [0, 0.05) is 23.0 Å². The van der Waals surface area contributed by atoms with Gasteiger partial charge in [-0.3, -0.25) is 4.79 Å². The molecule has 0 bridgehead atoms. The third-order valence-electron chi connectivity index (χ3n) is 5.85. The van der Waals surface area contributed by atoms with Crippen molar-refractivity contribution in [3.8, 4) is 5.75 Å². The highest BCUT2D eigenvalue weighted by atomic mass is 35.5. The van der Waals surface area contributed by atoms with Crippen molar-refractivity contribution in [2.24, 2.45) is 0 Å². The molecule has 1 aliphatic heterocycles. The van der Waals surface area contributed by atoms with Gasteiger partial charge in [0.05, 0.1) is 6.54 Å². The maximum atomic E-state index is 13.3. The summed E-state index contributed by atoms with van der Waals surface area (Å²) in [6.07, 6.45) is 0.371. The molecule has 0 saturated heterocycles. The van der Waals surface area contributed by atoms with Crippen LogP contribution in [0.25, 0.3) is 10.8 Å². The highest BCUT2D eigenvalue weighted by Gasteiger charge is 2.33. The van der Waals surface area contributed by atoms with Crippen LogP contribution in [0.5, 0.6) is 5.75 Å². The van der Waals surface area contributed by atoms with Gasteiger partial charge in [0.2, 0.25) is 5.91 Å². The van der Waals surface area contributed by atoms with E-state index in [4.69, 9.17) is 11.6 Å². The summed E-state index contributed by atoms with van der Waals surface area (Å²) in [4.78, 5) is 15.1. The van der Waals surface area contributed by atoms with Crippen molar-refractivity contribution in [2.45, 2.75) is 18.9 Å². The molecule has 0 saturated carbocycles. The summed E-state index contributed by atoms with van der Waals surface area (Å²) in [6.45, 7) is 0.437. The quantitative estimate of drug-likeness (QED) is 0.430. The topological polar surface area (TPSA) is 40.5 Å². The molecule has 1 amide bonds. The van der Waals surface area contributed by atoms with E-state index in [2.05, 4.69) is 18.2 Å². The van der Waals surface area contributed by atoms with Crippen LogP contribution < -0.4 is 4.90 Å². The van der Waals surface area contributed by atoms with Crippen LogP contribution in [0.15, 0.2) is 84.9 Å². The standard InChI is InChI=1S/C26H20ClNO2/c27-23-8-4-2-6-19(23)16-28-24-14-11-17-5-1-3-7-21(17)26(24)22(15-25(28)30)18-9-12-20(29)13-10-18/h1-14,22,29H,15-16H2. The Kier molecular flexibility index (Phi) is 4.68. The minimum absolute atomic E-state index is 0.0655. The Morgan fingerprint density at radius 2 is 1.63 bits per heavy atom. The van der Waals surface area contributed by atoms with Gasteiger partial charge in [-0.1, -0.05) is 72.3 Å². The van der Waals surface area contributed by atoms with Gasteiger partial charge in [-0.25, -0.2) is 0 Å². The predicted octanol–water partition coefficient (Wildman–Crippen LogP) is 6.27. The first-order valence-electron chi connectivity index (χ1n) is 9.96. The Labute approximate surface area is 180 Å². The van der Waals surface area contributed by atoms with Gasteiger partial charge >= 0.3 is 0 Å². The first-order valence-corrected chi connectivity index (χ1v) is 10.3. The molecular formula is C26H20ClNO2. The smallest absolute Gasteiger partial charge is 0.228 e. The molecule has 5 rings (SSSR count). The zero-order chi connectivity index (χ0) is 20.7. The second kappa shape index (κ2) is 7.51. The Hall–Kier alpha value is -3.30. The molecule has 1 N–H and O–H groups in total. The van der Waals surface area contributed by atoms with E-state index in [0.29, 0.717) is 18.0 Å². The van der Waals surface area contributed by atoms with Crippen LogP contribution in [0.1, 0.15) is 29.0 Å². The summed E-state index contributed by atoms with van der Waals surface area (Å²) in [7, 11) is 0. The molecule has 4 aromatic carbocycles. The number of anilines is 1. The number of benzene rings is 4. The Morgan fingerprint density at radius 3 is 2.43 bits per heavy atom. The maximum Gasteiger partial charge on any atom is 0.228 e. The number of carbonyl (C=O) groups excluding carboxylic acids is 1. The van der Waals surface area contributed by atoms with Gasteiger partial charge in [0.25, 0.3) is 0 Å². The van der Waals surface area contributed by atoms with Gasteiger partial charge in [-0.05, 0) is 51.7 Å². The van der Waals surface area contributed by atoms with Crippen LogP contribution in [-0.4, -0.2) is 11.0 Å². The summed E-state index contributed by atoms with van der Waals surface area (Å²) in [6, 6.07) is 27.2. The van der Waals surface area contributed by atoms with Gasteiger partial charge in [0.1, 0.15) is 5.75 Å². The molecule has 0 spiro atoms. The SMILES string of the molecule is O=C1CC(c2ccc(O)cc2)c2c(ccc3ccccc23)N1Cc1ccccc1Cl. The zero-order valence-corrected chi connectivity index (χ0v) is 17.0. The fourth-order valence-corrected chi connectivity index (χ4v) is 4.56. The van der Waals surface area contributed by atoms with E-state index in [1.807, 2.05) is 59.5 Å². The highest BCUT2D eigenvalue weighted by molar-refractivity contribution is 6.31. The second-order valence-electron chi connectivity index (χ2n) is 7.64.